The van der Waals surface area contributed by atoms with E-state index < -0.39 is 35.9 Å². The number of nitrogens with two attached hydrogens (primary N) is 1. The second-order valence-corrected chi connectivity index (χ2v) is 8.09. The number of amides is 1. The number of hydrogen-bond donors (Lipinski definition) is 6. The Labute approximate surface area is 206 Å². The highest BCUT2D eigenvalue weighted by Gasteiger charge is 2.22. The van der Waals surface area contributed by atoms with Crippen molar-refractivity contribution in [3.05, 3.63) is 50.0 Å². The third-order valence-corrected chi connectivity index (χ3v) is 5.32. The molecule has 1 amide bonds. The third-order valence-electron chi connectivity index (χ3n) is 4.72. The largest absolute Gasteiger partial charge is 0.481 e. The molecule has 15 heteroatoms. The fourth-order valence-electron chi connectivity index (χ4n) is 3.05. The number of H-pyrrole nitrogens is 1. The minimum absolute atomic E-state index is 0.00137. The number of nitrogen functional groups attached to an aromatic ring is 1. The summed E-state index contributed by atoms with van der Waals surface area (Å²) in [4.78, 5) is 61.0. The molecule has 1 aromatic carbocycles. The number of carbonyl (C=O) groups is 3. The first kappa shape index (κ1) is 25.6. The Balaban J connectivity index is 1.67. The SMILES string of the molecule is Nc1nc2ncc(CCNc3c(Cl)cc(C(=O)NC(CCC(=O)O)C(=O)O)cc3Cl)nc2c(=O)[nH]1. The number of carboxylic acid groups (broad SMARTS) is 2. The van der Waals surface area contributed by atoms with E-state index in [-0.39, 0.29) is 39.1 Å². The molecule has 0 spiro atoms. The topological polar surface area (TPSA) is 213 Å². The lowest BCUT2D eigenvalue weighted by atomic mass is 10.1. The van der Waals surface area contributed by atoms with Crippen LogP contribution in [0.3, 0.4) is 0 Å². The molecule has 0 fully saturated rings. The van der Waals surface area contributed by atoms with Crippen LogP contribution in [0.1, 0.15) is 28.9 Å². The monoisotopic (exact) mass is 523 g/mol. The number of nitrogens with zero attached hydrogens (tertiary/aromatic N) is 3. The number of benzene rings is 1. The number of anilines is 2. The van der Waals surface area contributed by atoms with Gasteiger partial charge in [0.2, 0.25) is 5.95 Å². The zero-order chi connectivity index (χ0) is 25.7. The normalized spacial score (nSPS) is 11.7. The smallest absolute Gasteiger partial charge is 0.326 e. The molecule has 35 heavy (non-hydrogen) atoms. The van der Waals surface area contributed by atoms with Crippen LogP contribution in [-0.4, -0.2) is 60.6 Å². The van der Waals surface area contributed by atoms with E-state index in [2.05, 4.69) is 30.6 Å². The molecule has 0 saturated carbocycles. The highest BCUT2D eigenvalue weighted by molar-refractivity contribution is 6.39. The average Bonchev–Trinajstić information content (AvgIpc) is 2.78. The van der Waals surface area contributed by atoms with Gasteiger partial charge in [-0.15, -0.1) is 0 Å². The Hall–Kier alpha value is -3.97. The van der Waals surface area contributed by atoms with Crippen LogP contribution in [0.5, 0.6) is 0 Å². The van der Waals surface area contributed by atoms with Crippen LogP contribution >= 0.6 is 23.2 Å². The summed E-state index contributed by atoms with van der Waals surface area (Å²) in [6.45, 7) is 0.293. The molecule has 1 atom stereocenters. The van der Waals surface area contributed by atoms with Gasteiger partial charge in [0.05, 0.1) is 27.6 Å². The van der Waals surface area contributed by atoms with Crippen molar-refractivity contribution in [2.45, 2.75) is 25.3 Å². The van der Waals surface area contributed by atoms with Crippen molar-refractivity contribution in [3.63, 3.8) is 0 Å². The molecule has 3 aromatic rings. The van der Waals surface area contributed by atoms with E-state index in [9.17, 15) is 24.3 Å². The Kier molecular flexibility index (Phi) is 8.04. The van der Waals surface area contributed by atoms with Gasteiger partial charge in [-0.2, -0.15) is 4.98 Å². The number of fused-ring (bicyclic) bond motifs is 1. The van der Waals surface area contributed by atoms with Gasteiger partial charge in [-0.05, 0) is 18.6 Å². The highest BCUT2D eigenvalue weighted by atomic mass is 35.5. The first-order chi connectivity index (χ1) is 16.5. The number of carboxylic acids is 2. The van der Waals surface area contributed by atoms with E-state index in [1.807, 2.05) is 0 Å². The summed E-state index contributed by atoms with van der Waals surface area (Å²) >= 11 is 12.5. The van der Waals surface area contributed by atoms with Gasteiger partial charge in [-0.1, -0.05) is 23.2 Å². The predicted octanol–water partition coefficient (Wildman–Crippen LogP) is 1.30. The first-order valence-electron chi connectivity index (χ1n) is 10.0. The maximum Gasteiger partial charge on any atom is 0.326 e. The average molecular weight is 524 g/mol. The summed E-state index contributed by atoms with van der Waals surface area (Å²) in [6.07, 6.45) is 1.08. The molecule has 0 aliphatic rings. The summed E-state index contributed by atoms with van der Waals surface area (Å²) in [7, 11) is 0. The molecule has 13 nitrogen and oxygen atoms in total. The lowest BCUT2D eigenvalue weighted by Crippen LogP contribution is -2.41. The molecular weight excluding hydrogens is 505 g/mol. The molecule has 2 heterocycles. The van der Waals surface area contributed by atoms with E-state index in [0.29, 0.717) is 24.3 Å². The standard InChI is InChI=1S/C20H19Cl2N7O6/c21-10-5-8(17(32)27-12(19(34)35)1-2-13(30)31)6-11(22)14(10)24-4-3-9-7-25-16-15(26-9)18(33)29-20(23)28-16/h5-7,12,24H,1-4H2,(H,27,32)(H,30,31)(H,34,35)(H3,23,25,28,29,33). The molecule has 1 unspecified atom stereocenters. The van der Waals surface area contributed by atoms with Crippen molar-refractivity contribution in [1.29, 1.82) is 0 Å². The number of rotatable bonds is 10. The molecule has 0 bridgehead atoms. The van der Waals surface area contributed by atoms with Gasteiger partial charge < -0.3 is 26.6 Å². The zero-order valence-electron chi connectivity index (χ0n) is 17.8. The van der Waals surface area contributed by atoms with Gasteiger partial charge in [0.25, 0.3) is 11.5 Å². The number of aliphatic carboxylic acids is 2. The van der Waals surface area contributed by atoms with E-state index in [1.165, 1.54) is 18.3 Å². The fraction of sp³-hybridized carbons (Fsp3) is 0.250. The van der Waals surface area contributed by atoms with Gasteiger partial charge in [0.1, 0.15) is 6.04 Å². The molecule has 2 aromatic heterocycles. The number of carbonyl (C=O) groups excluding carboxylic acids is 1. The first-order valence-corrected chi connectivity index (χ1v) is 10.8. The van der Waals surface area contributed by atoms with Crippen LogP contribution in [0.25, 0.3) is 11.2 Å². The molecule has 184 valence electrons. The Morgan fingerprint density at radius 2 is 1.83 bits per heavy atom. The van der Waals surface area contributed by atoms with Gasteiger partial charge >= 0.3 is 11.9 Å². The lowest BCUT2D eigenvalue weighted by Gasteiger charge is -2.15. The fourth-order valence-corrected chi connectivity index (χ4v) is 3.67. The molecule has 7 N–H and O–H groups in total. The summed E-state index contributed by atoms with van der Waals surface area (Å²) in [5.41, 5.74) is 5.96. The summed E-state index contributed by atoms with van der Waals surface area (Å²) in [5.74, 6) is -3.39. The predicted molar refractivity (Wildman–Crippen MR) is 127 cm³/mol. The zero-order valence-corrected chi connectivity index (χ0v) is 19.4. The van der Waals surface area contributed by atoms with E-state index in [4.69, 9.17) is 34.0 Å². The molecule has 0 radical (unpaired) electrons. The van der Waals surface area contributed by atoms with Gasteiger partial charge in [-0.3, -0.25) is 19.4 Å². The number of nitrogens with one attached hydrogen (secondary N) is 3. The van der Waals surface area contributed by atoms with Crippen molar-refractivity contribution in [2.24, 2.45) is 0 Å². The van der Waals surface area contributed by atoms with Crippen molar-refractivity contribution in [2.75, 3.05) is 17.6 Å². The minimum atomic E-state index is -1.39. The van der Waals surface area contributed by atoms with Crippen LogP contribution in [0.4, 0.5) is 11.6 Å². The minimum Gasteiger partial charge on any atom is -0.481 e. The summed E-state index contributed by atoms with van der Waals surface area (Å²) < 4.78 is 0. The molecule has 0 saturated heterocycles. The summed E-state index contributed by atoms with van der Waals surface area (Å²) in [5, 5.41) is 23.4. The number of aromatic nitrogens is 4. The van der Waals surface area contributed by atoms with E-state index in [1.54, 1.807) is 0 Å². The van der Waals surface area contributed by atoms with Gasteiger partial charge in [0, 0.05) is 24.9 Å². The van der Waals surface area contributed by atoms with Crippen LogP contribution < -0.4 is 21.9 Å². The second kappa shape index (κ2) is 11.0. The van der Waals surface area contributed by atoms with Gasteiger partial charge in [0.15, 0.2) is 11.2 Å². The molecule has 3 rings (SSSR count). The maximum absolute atomic E-state index is 12.5. The van der Waals surface area contributed by atoms with Crippen LogP contribution in [0.15, 0.2) is 23.1 Å². The van der Waals surface area contributed by atoms with Crippen LogP contribution in [0.2, 0.25) is 10.0 Å². The van der Waals surface area contributed by atoms with Crippen molar-refractivity contribution in [1.82, 2.24) is 25.3 Å². The number of hydrogen-bond acceptors (Lipinski definition) is 9. The third kappa shape index (κ3) is 6.55. The van der Waals surface area contributed by atoms with Crippen molar-refractivity contribution >= 4 is 63.8 Å². The molecule has 0 aliphatic heterocycles. The number of halogens is 2. The summed E-state index contributed by atoms with van der Waals surface area (Å²) in [6, 6.07) is 1.20. The maximum atomic E-state index is 12.5. The second-order valence-electron chi connectivity index (χ2n) is 7.27. The van der Waals surface area contributed by atoms with Crippen molar-refractivity contribution < 1.29 is 24.6 Å². The molecule has 0 aliphatic carbocycles. The van der Waals surface area contributed by atoms with E-state index in [0.717, 1.165) is 0 Å². The van der Waals surface area contributed by atoms with E-state index >= 15 is 0 Å². The van der Waals surface area contributed by atoms with Crippen LogP contribution in [-0.2, 0) is 16.0 Å². The molecular formula is C20H19Cl2N7O6. The van der Waals surface area contributed by atoms with Crippen LogP contribution in [0, 0.1) is 0 Å². The number of aromatic amines is 1. The Bertz CT molecular complexity index is 1340. The quantitative estimate of drug-likeness (QED) is 0.222. The highest BCUT2D eigenvalue weighted by Crippen LogP contribution is 2.32. The van der Waals surface area contributed by atoms with Gasteiger partial charge in [-0.25, -0.2) is 14.8 Å². The lowest BCUT2D eigenvalue weighted by molar-refractivity contribution is -0.140. The van der Waals surface area contributed by atoms with Crippen molar-refractivity contribution in [3.8, 4) is 0 Å². The Morgan fingerprint density at radius 3 is 2.46 bits per heavy atom. The Morgan fingerprint density at radius 1 is 1.14 bits per heavy atom.